The molecule has 1 aliphatic carbocycles. The molecule has 0 spiro atoms. The molecule has 1 heterocycles. The van der Waals surface area contributed by atoms with Gasteiger partial charge in [-0.1, -0.05) is 6.92 Å². The molecule has 2 aliphatic rings. The quantitative estimate of drug-likeness (QED) is 0.505. The molecule has 1 saturated heterocycles. The van der Waals surface area contributed by atoms with Gasteiger partial charge in [-0.05, 0) is 19.3 Å². The molecule has 82 valence electrons. The highest BCUT2D eigenvalue weighted by molar-refractivity contribution is 5.03. The minimum Gasteiger partial charge on any atom is -0.390 e. The van der Waals surface area contributed by atoms with E-state index < -0.39 is 18.0 Å². The fourth-order valence-corrected chi connectivity index (χ4v) is 2.78. The molecule has 4 nitrogen and oxygen atoms in total. The number of ether oxygens (including phenoxy) is 1. The Morgan fingerprint density at radius 3 is 2.64 bits per heavy atom. The van der Waals surface area contributed by atoms with Crippen LogP contribution in [0, 0.1) is 17.8 Å². The number of hydrogen-bond acceptors (Lipinski definition) is 4. The van der Waals surface area contributed by atoms with Crippen LogP contribution >= 0.6 is 0 Å². The Labute approximate surface area is 83.5 Å². The van der Waals surface area contributed by atoms with Crippen LogP contribution in [0.5, 0.6) is 0 Å². The van der Waals surface area contributed by atoms with Crippen molar-refractivity contribution in [3.63, 3.8) is 0 Å². The topological polar surface area (TPSA) is 69.9 Å². The Kier molecular flexibility index (Phi) is 2.34. The summed E-state index contributed by atoms with van der Waals surface area (Å²) in [5.74, 6) is 0.0806. The summed E-state index contributed by atoms with van der Waals surface area (Å²) in [4.78, 5) is 0. The molecular formula is C10H18O4. The van der Waals surface area contributed by atoms with E-state index in [9.17, 15) is 15.3 Å². The summed E-state index contributed by atoms with van der Waals surface area (Å²) in [5, 5.41) is 29.3. The molecule has 6 atom stereocenters. The maximum absolute atomic E-state index is 10.1. The standard InChI is InChI=1S/C10H18O4/c1-5-6-3-8(11)10(2,13)7(6)4-14-9(5)12/h5-9,11-13H,3-4H2,1-2H3. The van der Waals surface area contributed by atoms with E-state index in [4.69, 9.17) is 4.74 Å². The summed E-state index contributed by atoms with van der Waals surface area (Å²) in [6, 6.07) is 0. The van der Waals surface area contributed by atoms with Gasteiger partial charge in [0.05, 0.1) is 18.3 Å². The molecule has 0 radical (unpaired) electrons. The predicted molar refractivity (Wildman–Crippen MR) is 49.4 cm³/mol. The lowest BCUT2D eigenvalue weighted by Gasteiger charge is -2.39. The third kappa shape index (κ3) is 1.29. The Hall–Kier alpha value is -0.160. The van der Waals surface area contributed by atoms with Crippen molar-refractivity contribution in [3.8, 4) is 0 Å². The molecule has 14 heavy (non-hydrogen) atoms. The number of rotatable bonds is 0. The van der Waals surface area contributed by atoms with Gasteiger partial charge in [0, 0.05) is 11.8 Å². The fourth-order valence-electron chi connectivity index (χ4n) is 2.78. The summed E-state index contributed by atoms with van der Waals surface area (Å²) < 4.78 is 5.17. The lowest BCUT2D eigenvalue weighted by Crippen LogP contribution is -2.47. The molecule has 3 N–H and O–H groups in total. The zero-order valence-corrected chi connectivity index (χ0v) is 8.55. The predicted octanol–water partition coefficient (Wildman–Crippen LogP) is -0.281. The molecule has 0 aromatic heterocycles. The highest BCUT2D eigenvalue weighted by Gasteiger charge is 2.55. The first kappa shape index (κ1) is 10.4. The van der Waals surface area contributed by atoms with Crippen LogP contribution in [-0.2, 0) is 4.74 Å². The van der Waals surface area contributed by atoms with E-state index in [1.165, 1.54) is 0 Å². The van der Waals surface area contributed by atoms with Crippen LogP contribution in [0.25, 0.3) is 0 Å². The van der Waals surface area contributed by atoms with Gasteiger partial charge in [0.25, 0.3) is 0 Å². The number of aliphatic hydroxyl groups excluding tert-OH is 2. The van der Waals surface area contributed by atoms with Gasteiger partial charge in [-0.3, -0.25) is 0 Å². The van der Waals surface area contributed by atoms with Crippen LogP contribution in [0.3, 0.4) is 0 Å². The molecule has 0 bridgehead atoms. The van der Waals surface area contributed by atoms with Crippen molar-refractivity contribution in [2.24, 2.45) is 17.8 Å². The molecule has 2 fully saturated rings. The van der Waals surface area contributed by atoms with Crippen molar-refractivity contribution in [1.29, 1.82) is 0 Å². The summed E-state index contributed by atoms with van der Waals surface area (Å²) in [6.07, 6.45) is -0.898. The maximum Gasteiger partial charge on any atom is 0.157 e. The van der Waals surface area contributed by atoms with E-state index in [0.717, 1.165) is 0 Å². The summed E-state index contributed by atoms with van der Waals surface area (Å²) >= 11 is 0. The molecule has 0 aromatic rings. The van der Waals surface area contributed by atoms with Crippen LogP contribution in [0.4, 0.5) is 0 Å². The molecule has 0 amide bonds. The average molecular weight is 202 g/mol. The zero-order chi connectivity index (χ0) is 10.5. The molecule has 2 rings (SSSR count). The Balaban J connectivity index is 2.21. The molecule has 6 unspecified atom stereocenters. The summed E-state index contributed by atoms with van der Waals surface area (Å²) in [5.41, 5.74) is -1.07. The minimum atomic E-state index is -1.07. The maximum atomic E-state index is 10.1. The van der Waals surface area contributed by atoms with Gasteiger partial charge >= 0.3 is 0 Å². The van der Waals surface area contributed by atoms with Crippen molar-refractivity contribution in [1.82, 2.24) is 0 Å². The first-order valence-corrected chi connectivity index (χ1v) is 5.14. The molecule has 0 aromatic carbocycles. The largest absolute Gasteiger partial charge is 0.390 e. The average Bonchev–Trinajstić information content (AvgIpc) is 2.33. The van der Waals surface area contributed by atoms with E-state index in [0.29, 0.717) is 13.0 Å². The van der Waals surface area contributed by atoms with Crippen LogP contribution in [0.2, 0.25) is 0 Å². The second-order valence-electron chi connectivity index (χ2n) is 4.83. The van der Waals surface area contributed by atoms with Crippen molar-refractivity contribution in [2.75, 3.05) is 6.61 Å². The lowest BCUT2D eigenvalue weighted by molar-refractivity contribution is -0.208. The van der Waals surface area contributed by atoms with Crippen LogP contribution in [-0.4, -0.2) is 39.9 Å². The second kappa shape index (κ2) is 3.17. The lowest BCUT2D eigenvalue weighted by atomic mass is 9.79. The molecule has 1 aliphatic heterocycles. The number of hydrogen-bond donors (Lipinski definition) is 3. The van der Waals surface area contributed by atoms with Gasteiger partial charge in [0.1, 0.15) is 0 Å². The van der Waals surface area contributed by atoms with Crippen molar-refractivity contribution in [2.45, 2.75) is 38.3 Å². The third-order valence-corrected chi connectivity index (χ3v) is 4.01. The van der Waals surface area contributed by atoms with Crippen LogP contribution in [0.1, 0.15) is 20.3 Å². The smallest absolute Gasteiger partial charge is 0.157 e. The fraction of sp³-hybridized carbons (Fsp3) is 1.00. The van der Waals surface area contributed by atoms with Gasteiger partial charge in [0.2, 0.25) is 0 Å². The zero-order valence-electron chi connectivity index (χ0n) is 8.55. The number of fused-ring (bicyclic) bond motifs is 1. The monoisotopic (exact) mass is 202 g/mol. The Morgan fingerprint density at radius 1 is 1.36 bits per heavy atom. The van der Waals surface area contributed by atoms with Crippen molar-refractivity contribution in [3.05, 3.63) is 0 Å². The van der Waals surface area contributed by atoms with E-state index in [-0.39, 0.29) is 17.8 Å². The van der Waals surface area contributed by atoms with Crippen LogP contribution in [0.15, 0.2) is 0 Å². The SMILES string of the molecule is CC1C(O)OCC2C1CC(O)C2(C)O. The van der Waals surface area contributed by atoms with E-state index in [1.807, 2.05) is 6.92 Å². The highest BCUT2D eigenvalue weighted by Crippen LogP contribution is 2.47. The first-order chi connectivity index (χ1) is 6.44. The molecular weight excluding hydrogens is 184 g/mol. The van der Waals surface area contributed by atoms with E-state index in [1.54, 1.807) is 6.92 Å². The second-order valence-corrected chi connectivity index (χ2v) is 4.83. The van der Waals surface area contributed by atoms with Gasteiger partial charge in [0.15, 0.2) is 6.29 Å². The van der Waals surface area contributed by atoms with Gasteiger partial charge in [-0.15, -0.1) is 0 Å². The van der Waals surface area contributed by atoms with E-state index >= 15 is 0 Å². The third-order valence-electron chi connectivity index (χ3n) is 4.01. The van der Waals surface area contributed by atoms with Crippen molar-refractivity contribution >= 4 is 0 Å². The Bertz CT molecular complexity index is 228. The van der Waals surface area contributed by atoms with Crippen molar-refractivity contribution < 1.29 is 20.1 Å². The highest BCUT2D eigenvalue weighted by atomic mass is 16.6. The minimum absolute atomic E-state index is 0.0163. The Morgan fingerprint density at radius 2 is 2.00 bits per heavy atom. The summed E-state index contributed by atoms with van der Waals surface area (Å²) in [7, 11) is 0. The van der Waals surface area contributed by atoms with Gasteiger partial charge in [-0.25, -0.2) is 0 Å². The van der Waals surface area contributed by atoms with Crippen LogP contribution < -0.4 is 0 Å². The first-order valence-electron chi connectivity index (χ1n) is 5.14. The normalized spacial score (nSPS) is 58.5. The summed E-state index contributed by atoms with van der Waals surface area (Å²) in [6.45, 7) is 3.88. The van der Waals surface area contributed by atoms with Gasteiger partial charge in [-0.2, -0.15) is 0 Å². The molecule has 1 saturated carbocycles. The molecule has 4 heteroatoms. The van der Waals surface area contributed by atoms with Gasteiger partial charge < -0.3 is 20.1 Å². The van der Waals surface area contributed by atoms with E-state index in [2.05, 4.69) is 0 Å². The number of aliphatic hydroxyl groups is 3.